The number of allylic oxidation sites excluding steroid dienone is 11. The molecule has 0 heterocycles. The predicted molar refractivity (Wildman–Crippen MR) is 210 cm³/mol. The van der Waals surface area contributed by atoms with Gasteiger partial charge in [-0.15, -0.1) is 0 Å². The first-order valence-corrected chi connectivity index (χ1v) is 20.7. The molecule has 0 spiro atoms. The summed E-state index contributed by atoms with van der Waals surface area (Å²) in [5, 5.41) is 13.5. The Balaban J connectivity index is 4.80. The van der Waals surface area contributed by atoms with Gasteiger partial charge in [0.15, 0.2) is 5.78 Å². The first kappa shape index (κ1) is 48.6. The molecule has 0 aromatic rings. The number of amides is 1. The number of nitrogens with one attached hydrogen (secondary N) is 1. The number of hydrogen-bond acceptors (Lipinski definition) is 7. The van der Waals surface area contributed by atoms with E-state index >= 15 is 0 Å². The number of quaternary nitrogens is 1. The normalized spacial score (nSPS) is 15.3. The maximum Gasteiger partial charge on any atom is 0.268 e. The van der Waals surface area contributed by atoms with Crippen LogP contribution in [-0.2, 0) is 23.2 Å². The lowest BCUT2D eigenvalue weighted by Gasteiger charge is -2.29. The van der Waals surface area contributed by atoms with Gasteiger partial charge in [-0.25, -0.2) is 0 Å². The summed E-state index contributed by atoms with van der Waals surface area (Å²) in [6.07, 6.45) is 38.1. The number of aliphatic hydroxyl groups is 1. The number of ketones is 1. The second kappa shape index (κ2) is 32.3. The first-order chi connectivity index (χ1) is 24.4. The maximum absolute atomic E-state index is 12.7. The SMILES string of the molecule is CCCCC/C=C\C/C=C\C/C=C\C=C\C(=O)CCCC(=O)N[C@@H](COP(=O)([O-])OCC[N+](C)(C)C)[C@H](O)/C=C/CC/C=C\CCCCCCC. The lowest BCUT2D eigenvalue weighted by atomic mass is 10.1. The van der Waals surface area contributed by atoms with Crippen LogP contribution in [-0.4, -0.2) is 74.3 Å². The molecule has 0 saturated carbocycles. The molecule has 9 nitrogen and oxygen atoms in total. The highest BCUT2D eigenvalue weighted by molar-refractivity contribution is 7.45. The van der Waals surface area contributed by atoms with E-state index in [0.29, 0.717) is 23.9 Å². The summed E-state index contributed by atoms with van der Waals surface area (Å²) < 4.78 is 22.9. The number of phosphoric ester groups is 1. The minimum absolute atomic E-state index is 0.0402. The van der Waals surface area contributed by atoms with E-state index in [1.54, 1.807) is 12.2 Å². The van der Waals surface area contributed by atoms with Gasteiger partial charge in [-0.3, -0.25) is 14.2 Å². The number of unbranched alkanes of at least 4 members (excludes halogenated alkanes) is 9. The van der Waals surface area contributed by atoms with Crippen LogP contribution in [0, 0.1) is 0 Å². The van der Waals surface area contributed by atoms with Gasteiger partial charge in [0, 0.05) is 12.8 Å². The molecule has 0 bridgehead atoms. The topological polar surface area (TPSA) is 125 Å². The molecule has 2 N–H and O–H groups in total. The predicted octanol–water partition coefficient (Wildman–Crippen LogP) is 8.62. The van der Waals surface area contributed by atoms with E-state index in [4.69, 9.17) is 9.05 Å². The van der Waals surface area contributed by atoms with Crippen molar-refractivity contribution >= 4 is 19.5 Å². The Morgan fingerprint density at radius 3 is 2.04 bits per heavy atom. The van der Waals surface area contributed by atoms with Gasteiger partial charge in [0.2, 0.25) is 5.91 Å². The van der Waals surface area contributed by atoms with Crippen LogP contribution >= 0.6 is 7.82 Å². The molecule has 3 atom stereocenters. The molecule has 0 rings (SSSR count). The quantitative estimate of drug-likeness (QED) is 0.0173. The van der Waals surface area contributed by atoms with Crippen LogP contribution in [0.5, 0.6) is 0 Å². The number of carbonyl (C=O) groups is 2. The summed E-state index contributed by atoms with van der Waals surface area (Å²) >= 11 is 0. The van der Waals surface area contributed by atoms with Gasteiger partial charge in [0.05, 0.1) is 39.9 Å². The Kier molecular flexibility index (Phi) is 30.8. The zero-order chi connectivity index (χ0) is 38.1. The van der Waals surface area contributed by atoms with Crippen molar-refractivity contribution in [3.8, 4) is 0 Å². The van der Waals surface area contributed by atoms with E-state index in [-0.39, 0.29) is 25.2 Å². The molecule has 0 aliphatic carbocycles. The van der Waals surface area contributed by atoms with Crippen molar-refractivity contribution in [2.75, 3.05) is 40.9 Å². The highest BCUT2D eigenvalue weighted by Gasteiger charge is 2.23. The molecular weight excluding hydrogens is 663 g/mol. The van der Waals surface area contributed by atoms with Crippen LogP contribution in [0.1, 0.15) is 123 Å². The van der Waals surface area contributed by atoms with Gasteiger partial charge in [-0.2, -0.15) is 0 Å². The third-order valence-electron chi connectivity index (χ3n) is 7.86. The van der Waals surface area contributed by atoms with Crippen LogP contribution in [0.15, 0.2) is 72.9 Å². The third-order valence-corrected chi connectivity index (χ3v) is 8.83. The van der Waals surface area contributed by atoms with Crippen molar-refractivity contribution in [1.82, 2.24) is 5.32 Å². The Bertz CT molecular complexity index is 1120. The summed E-state index contributed by atoms with van der Waals surface area (Å²) in [4.78, 5) is 37.4. The smallest absolute Gasteiger partial charge is 0.268 e. The molecule has 0 aliphatic heterocycles. The minimum atomic E-state index is -4.66. The molecule has 292 valence electrons. The van der Waals surface area contributed by atoms with E-state index in [1.807, 2.05) is 39.4 Å². The Hall–Kier alpha value is -2.39. The van der Waals surface area contributed by atoms with Crippen LogP contribution < -0.4 is 10.2 Å². The summed E-state index contributed by atoms with van der Waals surface area (Å²) in [6.45, 7) is 4.32. The maximum atomic E-state index is 12.7. The van der Waals surface area contributed by atoms with Gasteiger partial charge >= 0.3 is 0 Å². The summed E-state index contributed by atoms with van der Waals surface area (Å²) in [7, 11) is 1.08. The number of hydrogen-bond donors (Lipinski definition) is 2. The van der Waals surface area contributed by atoms with Crippen molar-refractivity contribution in [3.63, 3.8) is 0 Å². The summed E-state index contributed by atoms with van der Waals surface area (Å²) in [5.41, 5.74) is 0. The van der Waals surface area contributed by atoms with Crippen molar-refractivity contribution < 1.29 is 37.7 Å². The molecule has 0 radical (unpaired) electrons. The average Bonchev–Trinajstić information content (AvgIpc) is 3.06. The van der Waals surface area contributed by atoms with E-state index in [0.717, 1.165) is 32.1 Å². The van der Waals surface area contributed by atoms with Crippen LogP contribution in [0.25, 0.3) is 0 Å². The van der Waals surface area contributed by atoms with Crippen LogP contribution in [0.4, 0.5) is 0 Å². The van der Waals surface area contributed by atoms with Gasteiger partial charge in [-0.05, 0) is 63.9 Å². The zero-order valence-corrected chi connectivity index (χ0v) is 33.4. The van der Waals surface area contributed by atoms with Crippen molar-refractivity contribution in [2.45, 2.75) is 135 Å². The number of rotatable bonds is 33. The Morgan fingerprint density at radius 2 is 1.33 bits per heavy atom. The number of aliphatic hydroxyl groups excluding tert-OH is 1. The molecule has 51 heavy (non-hydrogen) atoms. The third kappa shape index (κ3) is 34.5. The molecule has 1 amide bonds. The van der Waals surface area contributed by atoms with Crippen LogP contribution in [0.2, 0.25) is 0 Å². The summed E-state index contributed by atoms with van der Waals surface area (Å²) in [5.74, 6) is -0.508. The first-order valence-electron chi connectivity index (χ1n) is 19.3. The average molecular weight is 735 g/mol. The number of likely N-dealkylation sites (N-methyl/N-ethyl adjacent to an activating group) is 1. The highest BCUT2D eigenvalue weighted by Crippen LogP contribution is 2.38. The molecule has 0 aromatic heterocycles. The zero-order valence-electron chi connectivity index (χ0n) is 32.5. The lowest BCUT2D eigenvalue weighted by molar-refractivity contribution is -0.870. The number of carbonyl (C=O) groups excluding carboxylic acids is 2. The standard InChI is InChI=1S/C41H71N2O7P/c1-6-8-10-12-14-16-18-19-21-22-24-26-28-31-38(44)32-30-34-41(46)42-39(37-50-51(47,48)49-36-35-43(3,4)5)40(45)33-29-27-25-23-20-17-15-13-11-9-7-2/h14,16,19-21,23-24,26,28-29,31,33,39-40,45H,6-13,15,17-18,22,25,27,30,32,34-37H2,1-5H3,(H-,42,46,47,48)/b16-14-,21-19-,23-20-,26-24-,31-28+,33-29+/t39-,40+/m0/s1. The second-order valence-corrected chi connectivity index (χ2v) is 15.4. The van der Waals surface area contributed by atoms with Gasteiger partial charge in [-0.1, -0.05) is 119 Å². The van der Waals surface area contributed by atoms with Crippen molar-refractivity contribution in [3.05, 3.63) is 72.9 Å². The molecule has 0 aromatic carbocycles. The number of phosphoric acid groups is 1. The van der Waals surface area contributed by atoms with Gasteiger partial charge in [0.25, 0.3) is 7.82 Å². The molecular formula is C41H71N2O7P. The monoisotopic (exact) mass is 734 g/mol. The molecule has 1 unspecified atom stereocenters. The molecule has 0 saturated heterocycles. The van der Waals surface area contributed by atoms with Gasteiger partial charge in [0.1, 0.15) is 13.2 Å². The van der Waals surface area contributed by atoms with E-state index in [9.17, 15) is 24.2 Å². The van der Waals surface area contributed by atoms with E-state index in [2.05, 4.69) is 55.6 Å². The lowest BCUT2D eigenvalue weighted by Crippen LogP contribution is -2.45. The van der Waals surface area contributed by atoms with E-state index < -0.39 is 32.5 Å². The van der Waals surface area contributed by atoms with Crippen molar-refractivity contribution in [1.29, 1.82) is 0 Å². The molecule has 10 heteroatoms. The number of nitrogens with zero attached hydrogens (tertiary/aromatic N) is 1. The Morgan fingerprint density at radius 1 is 0.745 bits per heavy atom. The molecule has 0 fully saturated rings. The molecule has 0 aliphatic rings. The van der Waals surface area contributed by atoms with E-state index in [1.165, 1.54) is 57.4 Å². The minimum Gasteiger partial charge on any atom is -0.756 e. The largest absolute Gasteiger partial charge is 0.756 e. The fourth-order valence-corrected chi connectivity index (χ4v) is 5.43. The van der Waals surface area contributed by atoms with Gasteiger partial charge < -0.3 is 28.8 Å². The fraction of sp³-hybridized carbons (Fsp3) is 0.659. The second-order valence-electron chi connectivity index (χ2n) is 14.0. The summed E-state index contributed by atoms with van der Waals surface area (Å²) in [6, 6.07) is -1.02. The highest BCUT2D eigenvalue weighted by atomic mass is 31.2. The Labute approximate surface area is 310 Å². The fourth-order valence-electron chi connectivity index (χ4n) is 4.71. The van der Waals surface area contributed by atoms with Crippen molar-refractivity contribution in [2.24, 2.45) is 0 Å². The van der Waals surface area contributed by atoms with Crippen LogP contribution in [0.3, 0.4) is 0 Å².